The third-order valence-corrected chi connectivity index (χ3v) is 5.45. The number of carbonyl (C=O) groups is 1. The Bertz CT molecular complexity index is 759. The molecule has 1 N–H and O–H groups in total. The molecule has 4 heteroatoms. The normalized spacial score (nSPS) is 21.5. The Morgan fingerprint density at radius 3 is 2.69 bits per heavy atom. The van der Waals surface area contributed by atoms with Crippen LogP contribution < -0.4 is 14.4 Å². The van der Waals surface area contributed by atoms with E-state index in [9.17, 15) is 4.79 Å². The maximum absolute atomic E-state index is 12.5. The summed E-state index contributed by atoms with van der Waals surface area (Å²) in [5, 5.41) is 0. The van der Waals surface area contributed by atoms with Gasteiger partial charge in [-0.15, -0.1) is 0 Å². The minimum absolute atomic E-state index is 0.195. The minimum atomic E-state index is 0.195. The van der Waals surface area contributed by atoms with Crippen LogP contribution in [0.1, 0.15) is 41.1 Å². The van der Waals surface area contributed by atoms with Gasteiger partial charge in [-0.2, -0.15) is 0 Å². The van der Waals surface area contributed by atoms with Crippen LogP contribution in [0.5, 0.6) is 11.5 Å². The van der Waals surface area contributed by atoms with Gasteiger partial charge in [0.1, 0.15) is 13.2 Å². The number of fused-ring (bicyclic) bond motifs is 1. The second-order valence-corrected chi connectivity index (χ2v) is 7.24. The van der Waals surface area contributed by atoms with E-state index in [-0.39, 0.29) is 5.78 Å². The highest BCUT2D eigenvalue weighted by atomic mass is 16.6. The first-order valence-corrected chi connectivity index (χ1v) is 9.61. The van der Waals surface area contributed by atoms with E-state index in [1.165, 1.54) is 25.1 Å². The summed E-state index contributed by atoms with van der Waals surface area (Å²) in [6, 6.07) is 16.3. The van der Waals surface area contributed by atoms with Crippen LogP contribution in [0.2, 0.25) is 0 Å². The number of ether oxygens (including phenoxy) is 2. The molecule has 1 saturated heterocycles. The fourth-order valence-corrected chi connectivity index (χ4v) is 4.03. The first-order chi connectivity index (χ1) is 12.8. The molecule has 0 spiro atoms. The molecule has 4 rings (SSSR count). The van der Waals surface area contributed by atoms with E-state index in [1.54, 1.807) is 4.90 Å². The molecule has 0 radical (unpaired) electrons. The topological polar surface area (TPSA) is 40.0 Å². The molecule has 0 bridgehead atoms. The summed E-state index contributed by atoms with van der Waals surface area (Å²) in [6.45, 7) is 4.58. The SMILES string of the molecule is O=C(CCC[NH+]1CC[C@@H](c2ccccc2)C1)c1ccc2c(c1)OCCO2. The third-order valence-electron chi connectivity index (χ3n) is 5.45. The van der Waals surface area contributed by atoms with Crippen molar-refractivity contribution in [2.45, 2.75) is 25.2 Å². The lowest BCUT2D eigenvalue weighted by Crippen LogP contribution is -3.10. The lowest BCUT2D eigenvalue weighted by Gasteiger charge is -2.18. The molecular formula is C22H26NO3+. The van der Waals surface area contributed by atoms with Gasteiger partial charge in [0.05, 0.1) is 19.6 Å². The highest BCUT2D eigenvalue weighted by molar-refractivity contribution is 5.96. The van der Waals surface area contributed by atoms with Crippen LogP contribution in [0.4, 0.5) is 0 Å². The van der Waals surface area contributed by atoms with E-state index in [0.717, 1.165) is 24.3 Å². The quantitative estimate of drug-likeness (QED) is 0.812. The van der Waals surface area contributed by atoms with Gasteiger partial charge in [-0.25, -0.2) is 0 Å². The molecule has 2 aliphatic rings. The highest BCUT2D eigenvalue weighted by Crippen LogP contribution is 2.31. The van der Waals surface area contributed by atoms with Gasteiger partial charge in [-0.3, -0.25) is 4.79 Å². The van der Waals surface area contributed by atoms with Crippen LogP contribution in [0.3, 0.4) is 0 Å². The Labute approximate surface area is 154 Å². The fraction of sp³-hybridized carbons (Fsp3) is 0.409. The lowest BCUT2D eigenvalue weighted by atomic mass is 9.99. The summed E-state index contributed by atoms with van der Waals surface area (Å²) in [5.74, 6) is 2.29. The number of rotatable bonds is 6. The van der Waals surface area contributed by atoms with E-state index < -0.39 is 0 Å². The van der Waals surface area contributed by atoms with Crippen molar-refractivity contribution >= 4 is 5.78 Å². The average Bonchev–Trinajstić information content (AvgIpc) is 3.17. The minimum Gasteiger partial charge on any atom is -0.486 e. The zero-order chi connectivity index (χ0) is 17.8. The molecule has 2 aliphatic heterocycles. The summed E-state index contributed by atoms with van der Waals surface area (Å²) in [5.41, 5.74) is 2.18. The molecule has 26 heavy (non-hydrogen) atoms. The zero-order valence-electron chi connectivity index (χ0n) is 15.1. The van der Waals surface area contributed by atoms with Gasteiger partial charge in [0.2, 0.25) is 0 Å². The van der Waals surface area contributed by atoms with Crippen molar-refractivity contribution in [1.29, 1.82) is 0 Å². The first-order valence-electron chi connectivity index (χ1n) is 9.61. The summed E-state index contributed by atoms with van der Waals surface area (Å²) in [6.07, 6.45) is 2.78. The number of ketones is 1. The second-order valence-electron chi connectivity index (χ2n) is 7.24. The molecule has 0 amide bonds. The summed E-state index contributed by atoms with van der Waals surface area (Å²) in [7, 11) is 0. The number of nitrogens with one attached hydrogen (secondary N) is 1. The van der Waals surface area contributed by atoms with Crippen LogP contribution in [0, 0.1) is 0 Å². The average molecular weight is 352 g/mol. The maximum Gasteiger partial charge on any atom is 0.163 e. The van der Waals surface area contributed by atoms with E-state index in [2.05, 4.69) is 30.3 Å². The Kier molecular flexibility index (Phi) is 5.21. The van der Waals surface area contributed by atoms with Crippen LogP contribution in [0.15, 0.2) is 48.5 Å². The van der Waals surface area contributed by atoms with Crippen LogP contribution >= 0.6 is 0 Å². The zero-order valence-corrected chi connectivity index (χ0v) is 15.1. The van der Waals surface area contributed by atoms with E-state index in [1.807, 2.05) is 18.2 Å². The van der Waals surface area contributed by atoms with Crippen molar-refractivity contribution in [3.05, 3.63) is 59.7 Å². The number of carbonyl (C=O) groups excluding carboxylic acids is 1. The summed E-state index contributed by atoms with van der Waals surface area (Å²) >= 11 is 0. The van der Waals surface area contributed by atoms with E-state index >= 15 is 0 Å². The third kappa shape index (κ3) is 3.91. The largest absolute Gasteiger partial charge is 0.486 e. The molecule has 2 aromatic carbocycles. The number of hydrogen-bond acceptors (Lipinski definition) is 3. The predicted octanol–water partition coefficient (Wildman–Crippen LogP) is 2.49. The Hall–Kier alpha value is -2.33. The van der Waals surface area contributed by atoms with Crippen molar-refractivity contribution in [3.8, 4) is 11.5 Å². The van der Waals surface area contributed by atoms with E-state index in [0.29, 0.717) is 31.3 Å². The molecular weight excluding hydrogens is 326 g/mol. The summed E-state index contributed by atoms with van der Waals surface area (Å²) < 4.78 is 11.1. The van der Waals surface area contributed by atoms with Crippen molar-refractivity contribution < 1.29 is 19.2 Å². The van der Waals surface area contributed by atoms with Crippen molar-refractivity contribution in [1.82, 2.24) is 0 Å². The van der Waals surface area contributed by atoms with Crippen LogP contribution in [-0.2, 0) is 0 Å². The Balaban J connectivity index is 1.25. The molecule has 2 heterocycles. The van der Waals surface area contributed by atoms with Crippen molar-refractivity contribution in [3.63, 3.8) is 0 Å². The van der Waals surface area contributed by atoms with Gasteiger partial charge >= 0.3 is 0 Å². The highest BCUT2D eigenvalue weighted by Gasteiger charge is 2.27. The number of Topliss-reactive ketones (excluding diaryl/α,β-unsaturated/α-hetero) is 1. The van der Waals surface area contributed by atoms with Crippen LogP contribution in [-0.4, -0.2) is 38.6 Å². The van der Waals surface area contributed by atoms with Gasteiger partial charge < -0.3 is 14.4 Å². The van der Waals surface area contributed by atoms with E-state index in [4.69, 9.17) is 9.47 Å². The Morgan fingerprint density at radius 1 is 1.04 bits per heavy atom. The van der Waals surface area contributed by atoms with Crippen molar-refractivity contribution in [2.24, 2.45) is 0 Å². The van der Waals surface area contributed by atoms with Gasteiger partial charge in [-0.05, 0) is 23.8 Å². The molecule has 1 fully saturated rings. The standard InChI is InChI=1S/C22H25NO3/c24-20(18-8-9-21-22(15-18)26-14-13-25-21)7-4-11-23-12-10-19(16-23)17-5-2-1-3-6-17/h1-3,5-6,8-9,15,19H,4,7,10-14,16H2/p+1/t19-/m1/s1. The smallest absolute Gasteiger partial charge is 0.163 e. The predicted molar refractivity (Wildman–Crippen MR) is 100 cm³/mol. The molecule has 2 aromatic rings. The van der Waals surface area contributed by atoms with Gasteiger partial charge in [0.25, 0.3) is 0 Å². The molecule has 0 aliphatic carbocycles. The summed E-state index contributed by atoms with van der Waals surface area (Å²) in [4.78, 5) is 14.1. The second kappa shape index (κ2) is 7.92. The van der Waals surface area contributed by atoms with Gasteiger partial charge in [0, 0.05) is 30.7 Å². The lowest BCUT2D eigenvalue weighted by molar-refractivity contribution is -0.888. The molecule has 2 atom stereocenters. The maximum atomic E-state index is 12.5. The molecule has 0 saturated carbocycles. The van der Waals surface area contributed by atoms with Gasteiger partial charge in [0.15, 0.2) is 17.3 Å². The molecule has 4 nitrogen and oxygen atoms in total. The number of benzene rings is 2. The molecule has 1 unspecified atom stereocenters. The van der Waals surface area contributed by atoms with Gasteiger partial charge in [-0.1, -0.05) is 30.3 Å². The Morgan fingerprint density at radius 2 is 1.85 bits per heavy atom. The molecule has 0 aromatic heterocycles. The fourth-order valence-electron chi connectivity index (χ4n) is 4.03. The van der Waals surface area contributed by atoms with Crippen molar-refractivity contribution in [2.75, 3.05) is 32.8 Å². The first kappa shape index (κ1) is 17.1. The number of hydrogen-bond donors (Lipinski definition) is 1. The number of quaternary nitrogens is 1. The molecule has 136 valence electrons. The van der Waals surface area contributed by atoms with Crippen LogP contribution in [0.25, 0.3) is 0 Å². The monoisotopic (exact) mass is 352 g/mol. The number of likely N-dealkylation sites (tertiary alicyclic amines) is 1.